The van der Waals surface area contributed by atoms with E-state index in [9.17, 15) is 14.8 Å². The molecule has 0 aliphatic heterocycles. The average Bonchev–Trinajstić information content (AvgIpc) is 2.59. The van der Waals surface area contributed by atoms with E-state index in [1.807, 2.05) is 0 Å². The Hall–Kier alpha value is -3.74. The van der Waals surface area contributed by atoms with Crippen LogP contribution in [0.3, 0.4) is 0 Å². The van der Waals surface area contributed by atoms with Gasteiger partial charge in [0.25, 0.3) is 0 Å². The molecule has 0 unspecified atom stereocenters. The molecule has 0 amide bonds. The Morgan fingerprint density at radius 1 is 0.840 bits per heavy atom. The molecule has 126 valence electrons. The Kier molecular flexibility index (Phi) is 5.78. The van der Waals surface area contributed by atoms with Crippen molar-refractivity contribution in [3.63, 3.8) is 0 Å². The Bertz CT molecular complexity index is 850. The molecule has 2 N–H and O–H groups in total. The number of hydrogen-bond acceptors (Lipinski definition) is 4. The minimum atomic E-state index is -1.05. The number of carboxylic acid groups (broad SMARTS) is 2. The number of rotatable bonds is 6. The minimum Gasteiger partial charge on any atom is -0.594 e. The van der Waals surface area contributed by atoms with Gasteiger partial charge in [-0.05, 0) is 47.5 Å². The molecule has 2 aromatic carbocycles. The van der Waals surface area contributed by atoms with Crippen molar-refractivity contribution in [1.29, 1.82) is 0 Å². The molecule has 2 rings (SSSR count). The van der Waals surface area contributed by atoms with E-state index in [-0.39, 0.29) is 0 Å². The fourth-order valence-corrected chi connectivity index (χ4v) is 1.86. The highest BCUT2D eigenvalue weighted by Gasteiger charge is 2.04. The van der Waals surface area contributed by atoms with Gasteiger partial charge < -0.3 is 15.4 Å². The lowest BCUT2D eigenvalue weighted by atomic mass is 10.2. The zero-order valence-electron chi connectivity index (χ0n) is 12.9. The molecule has 0 fully saturated rings. The first-order valence-corrected chi connectivity index (χ1v) is 7.15. The van der Waals surface area contributed by atoms with E-state index in [4.69, 9.17) is 10.2 Å². The van der Waals surface area contributed by atoms with Crippen molar-refractivity contribution in [2.45, 2.75) is 0 Å². The lowest BCUT2D eigenvalue weighted by Gasteiger charge is -2.01. The van der Waals surface area contributed by atoms with Crippen molar-refractivity contribution in [3.05, 3.63) is 77.0 Å². The number of benzene rings is 2. The molecule has 2 aromatic rings. The maximum absolute atomic E-state index is 12.0. The second-order valence-corrected chi connectivity index (χ2v) is 4.90. The number of carbonyl (C=O) groups is 2. The quantitative estimate of drug-likeness (QED) is 0.360. The third kappa shape index (κ3) is 5.76. The highest BCUT2D eigenvalue weighted by atomic mass is 16.5. The molecule has 0 bridgehead atoms. The van der Waals surface area contributed by atoms with E-state index in [2.05, 4.69) is 5.11 Å². The highest BCUT2D eigenvalue weighted by Crippen LogP contribution is 2.19. The summed E-state index contributed by atoms with van der Waals surface area (Å²) in [6.45, 7) is 0. The molecular formula is C18H14N2O5. The first-order chi connectivity index (χ1) is 11.9. The van der Waals surface area contributed by atoms with Crippen LogP contribution in [0, 0.1) is 5.21 Å². The molecule has 0 saturated carbocycles. The van der Waals surface area contributed by atoms with Crippen LogP contribution in [0.25, 0.3) is 12.2 Å². The molecule has 0 spiro atoms. The van der Waals surface area contributed by atoms with Gasteiger partial charge in [0.2, 0.25) is 5.69 Å². The molecule has 0 atom stereocenters. The van der Waals surface area contributed by atoms with Crippen LogP contribution in [-0.2, 0) is 9.59 Å². The third-order valence-corrected chi connectivity index (χ3v) is 3.05. The molecule has 7 nitrogen and oxygen atoms in total. The number of aliphatic carboxylic acids is 2. The van der Waals surface area contributed by atoms with Crippen LogP contribution in [-0.4, -0.2) is 27.0 Å². The Labute approximate surface area is 143 Å². The zero-order chi connectivity index (χ0) is 18.2. The van der Waals surface area contributed by atoms with Crippen LogP contribution >= 0.6 is 0 Å². The second kappa shape index (κ2) is 8.21. The van der Waals surface area contributed by atoms with E-state index in [1.165, 1.54) is 24.3 Å². The predicted octanol–water partition coefficient (Wildman–Crippen LogP) is 3.81. The van der Waals surface area contributed by atoms with Gasteiger partial charge in [-0.15, -0.1) is 0 Å². The summed E-state index contributed by atoms with van der Waals surface area (Å²) < 4.78 is 0. The molecule has 0 saturated heterocycles. The summed E-state index contributed by atoms with van der Waals surface area (Å²) in [5, 5.41) is 33.1. The predicted molar refractivity (Wildman–Crippen MR) is 91.6 cm³/mol. The first kappa shape index (κ1) is 17.6. The van der Waals surface area contributed by atoms with Crippen LogP contribution in [0.5, 0.6) is 0 Å². The smallest absolute Gasteiger partial charge is 0.328 e. The van der Waals surface area contributed by atoms with E-state index >= 15 is 0 Å². The van der Waals surface area contributed by atoms with Crippen molar-refractivity contribution in [3.8, 4) is 0 Å². The maximum Gasteiger partial charge on any atom is 0.328 e. The fraction of sp³-hybridized carbons (Fsp3) is 0. The fourth-order valence-electron chi connectivity index (χ4n) is 1.86. The van der Waals surface area contributed by atoms with Crippen molar-refractivity contribution in [2.75, 3.05) is 0 Å². The molecule has 0 radical (unpaired) electrons. The number of azo groups is 1. The van der Waals surface area contributed by atoms with Gasteiger partial charge in [0, 0.05) is 29.4 Å². The maximum atomic E-state index is 12.0. The van der Waals surface area contributed by atoms with E-state index in [0.29, 0.717) is 27.4 Å². The third-order valence-electron chi connectivity index (χ3n) is 3.05. The largest absolute Gasteiger partial charge is 0.594 e. The molecular weight excluding hydrogens is 324 g/mol. The van der Waals surface area contributed by atoms with Gasteiger partial charge >= 0.3 is 11.9 Å². The highest BCUT2D eigenvalue weighted by molar-refractivity contribution is 5.85. The summed E-state index contributed by atoms with van der Waals surface area (Å²) in [5.41, 5.74) is 2.03. The Balaban J connectivity index is 2.12. The number of hydrogen-bond donors (Lipinski definition) is 2. The van der Waals surface area contributed by atoms with Gasteiger partial charge in [-0.2, -0.15) is 0 Å². The van der Waals surface area contributed by atoms with Gasteiger partial charge in [0.15, 0.2) is 0 Å². The Morgan fingerprint density at radius 2 is 1.28 bits per heavy atom. The Morgan fingerprint density at radius 3 is 1.72 bits per heavy atom. The lowest BCUT2D eigenvalue weighted by Crippen LogP contribution is -1.90. The normalized spacial score (nSPS) is 11.9. The minimum absolute atomic E-state index is 0.294. The van der Waals surface area contributed by atoms with Gasteiger partial charge in [-0.1, -0.05) is 17.0 Å². The standard InChI is InChI=1S/C18H14N2O5/c21-17(22)11-5-13-1-7-15(8-2-13)19-20(25)16-9-3-14(4-10-16)6-12-18(23)24/h1-12H,(H,21,22)(H,23,24)/b11-5-,12-6+,20-19?. The molecule has 25 heavy (non-hydrogen) atoms. The van der Waals surface area contributed by atoms with Gasteiger partial charge in [-0.3, -0.25) is 0 Å². The van der Waals surface area contributed by atoms with Crippen molar-refractivity contribution >= 4 is 35.5 Å². The van der Waals surface area contributed by atoms with E-state index in [0.717, 1.165) is 12.2 Å². The monoisotopic (exact) mass is 338 g/mol. The van der Waals surface area contributed by atoms with Crippen LogP contribution in [0.15, 0.2) is 65.8 Å². The van der Waals surface area contributed by atoms with Crippen LogP contribution < -0.4 is 0 Å². The summed E-state index contributed by atoms with van der Waals surface area (Å²) in [5.74, 6) is -2.09. The van der Waals surface area contributed by atoms with Crippen LogP contribution in [0.1, 0.15) is 11.1 Å². The summed E-state index contributed by atoms with van der Waals surface area (Å²) in [4.78, 5) is 21.4. The van der Waals surface area contributed by atoms with Gasteiger partial charge in [0.05, 0.1) is 0 Å². The average molecular weight is 338 g/mol. The van der Waals surface area contributed by atoms with E-state index in [1.54, 1.807) is 36.4 Å². The zero-order valence-corrected chi connectivity index (χ0v) is 12.9. The van der Waals surface area contributed by atoms with Gasteiger partial charge in [-0.25, -0.2) is 9.59 Å². The van der Waals surface area contributed by atoms with Crippen LogP contribution in [0.2, 0.25) is 0 Å². The van der Waals surface area contributed by atoms with Crippen molar-refractivity contribution < 1.29 is 24.7 Å². The molecule has 7 heteroatoms. The lowest BCUT2D eigenvalue weighted by molar-refractivity contribution is -0.435. The molecule has 0 aromatic heterocycles. The number of carboxylic acids is 2. The van der Waals surface area contributed by atoms with Crippen molar-refractivity contribution in [2.24, 2.45) is 5.11 Å². The SMILES string of the molecule is O=C(O)/C=C\c1ccc(N=[N+]([O-])c2ccc(/C=C/C(=O)O)cc2)cc1. The first-order valence-electron chi connectivity index (χ1n) is 7.15. The second-order valence-electron chi connectivity index (χ2n) is 4.90. The van der Waals surface area contributed by atoms with Crippen LogP contribution in [0.4, 0.5) is 11.4 Å². The van der Waals surface area contributed by atoms with E-state index < -0.39 is 11.9 Å². The molecule has 0 heterocycles. The summed E-state index contributed by atoms with van der Waals surface area (Å²) in [6.07, 6.45) is 4.88. The summed E-state index contributed by atoms with van der Waals surface area (Å²) in [6, 6.07) is 12.7. The molecule has 0 aliphatic carbocycles. The summed E-state index contributed by atoms with van der Waals surface area (Å²) in [7, 11) is 0. The topological polar surface area (TPSA) is 113 Å². The van der Waals surface area contributed by atoms with Gasteiger partial charge in [0.1, 0.15) is 5.69 Å². The summed E-state index contributed by atoms with van der Waals surface area (Å²) >= 11 is 0. The number of nitrogens with zero attached hydrogens (tertiary/aromatic N) is 2. The molecule has 0 aliphatic rings. The van der Waals surface area contributed by atoms with Crippen molar-refractivity contribution in [1.82, 2.24) is 0 Å².